The van der Waals surface area contributed by atoms with Gasteiger partial charge in [0.1, 0.15) is 6.61 Å². The minimum absolute atomic E-state index is 0.240. The van der Waals surface area contributed by atoms with Gasteiger partial charge in [-0.05, 0) is 30.3 Å². The Kier molecular flexibility index (Phi) is 6.11. The lowest BCUT2D eigenvalue weighted by Gasteiger charge is -2.13. The zero-order chi connectivity index (χ0) is 19.2. The number of nitrogens with zero attached hydrogens (tertiary/aromatic N) is 2. The number of aromatic nitrogens is 2. The molecule has 0 aliphatic heterocycles. The van der Waals surface area contributed by atoms with Gasteiger partial charge in [-0.25, -0.2) is 0 Å². The Hall–Kier alpha value is -2.83. The van der Waals surface area contributed by atoms with Gasteiger partial charge in [0.25, 0.3) is 5.91 Å². The molecule has 6 nitrogen and oxygen atoms in total. The van der Waals surface area contributed by atoms with Crippen LogP contribution in [0.2, 0.25) is 10.0 Å². The van der Waals surface area contributed by atoms with E-state index in [9.17, 15) is 4.79 Å². The second kappa shape index (κ2) is 8.70. The number of ether oxygens (including phenoxy) is 2. The highest BCUT2D eigenvalue weighted by Gasteiger charge is 2.15. The second-order valence-electron chi connectivity index (χ2n) is 5.41. The van der Waals surface area contributed by atoms with Crippen molar-refractivity contribution in [1.82, 2.24) is 9.97 Å². The molecular weight excluding hydrogens is 389 g/mol. The first kappa shape index (κ1) is 18.9. The van der Waals surface area contributed by atoms with Gasteiger partial charge in [-0.2, -0.15) is 0 Å². The minimum atomic E-state index is -0.393. The summed E-state index contributed by atoms with van der Waals surface area (Å²) in [4.78, 5) is 20.6. The summed E-state index contributed by atoms with van der Waals surface area (Å²) in [7, 11) is 1.53. The summed E-state index contributed by atoms with van der Waals surface area (Å²) in [5.74, 6) is 0.528. The molecule has 0 radical (unpaired) electrons. The maximum absolute atomic E-state index is 12.6. The quantitative estimate of drug-likeness (QED) is 0.649. The van der Waals surface area contributed by atoms with E-state index in [1.54, 1.807) is 24.4 Å². The van der Waals surface area contributed by atoms with Gasteiger partial charge in [-0.1, -0.05) is 29.3 Å². The number of benzene rings is 1. The predicted octanol–water partition coefficient (Wildman–Crippen LogP) is 4.62. The molecule has 1 amide bonds. The Bertz CT molecular complexity index is 932. The molecule has 1 N–H and O–H groups in total. The average molecular weight is 404 g/mol. The summed E-state index contributed by atoms with van der Waals surface area (Å²) < 4.78 is 11.1. The molecule has 0 aliphatic rings. The van der Waals surface area contributed by atoms with Crippen LogP contribution in [0.4, 0.5) is 5.69 Å². The maximum Gasteiger partial charge on any atom is 0.255 e. The van der Waals surface area contributed by atoms with Gasteiger partial charge >= 0.3 is 0 Å². The lowest BCUT2D eigenvalue weighted by atomic mass is 10.2. The van der Waals surface area contributed by atoms with Crippen LogP contribution in [0, 0.1) is 0 Å². The Balaban J connectivity index is 1.80. The molecule has 0 saturated heterocycles. The molecule has 0 atom stereocenters. The van der Waals surface area contributed by atoms with Crippen molar-refractivity contribution in [3.63, 3.8) is 0 Å². The SMILES string of the molecule is COc1ccc(C(=O)Nc2c(Cl)cncc2Cl)cc1OCc1ccccn1. The van der Waals surface area contributed by atoms with E-state index in [-0.39, 0.29) is 16.7 Å². The van der Waals surface area contributed by atoms with E-state index in [0.29, 0.717) is 22.7 Å². The summed E-state index contributed by atoms with van der Waals surface area (Å²) in [6, 6.07) is 10.4. The van der Waals surface area contributed by atoms with Crippen LogP contribution in [0.1, 0.15) is 16.1 Å². The third kappa shape index (κ3) is 4.67. The van der Waals surface area contributed by atoms with Crippen molar-refractivity contribution in [2.24, 2.45) is 0 Å². The number of nitrogens with one attached hydrogen (secondary N) is 1. The lowest BCUT2D eigenvalue weighted by Crippen LogP contribution is -2.13. The minimum Gasteiger partial charge on any atom is -0.493 e. The Morgan fingerprint density at radius 2 is 1.89 bits per heavy atom. The van der Waals surface area contributed by atoms with Crippen molar-refractivity contribution in [3.05, 3.63) is 76.3 Å². The third-order valence-electron chi connectivity index (χ3n) is 3.62. The Labute approximate surface area is 166 Å². The van der Waals surface area contributed by atoms with Crippen LogP contribution in [-0.2, 0) is 6.61 Å². The van der Waals surface area contributed by atoms with E-state index in [1.165, 1.54) is 19.5 Å². The molecule has 0 fully saturated rings. The second-order valence-corrected chi connectivity index (χ2v) is 6.22. The fourth-order valence-corrected chi connectivity index (χ4v) is 2.74. The summed E-state index contributed by atoms with van der Waals surface area (Å²) >= 11 is 12.1. The smallest absolute Gasteiger partial charge is 0.255 e. The highest BCUT2D eigenvalue weighted by atomic mass is 35.5. The molecule has 27 heavy (non-hydrogen) atoms. The Morgan fingerprint density at radius 1 is 1.11 bits per heavy atom. The van der Waals surface area contributed by atoms with E-state index in [4.69, 9.17) is 32.7 Å². The first-order chi connectivity index (χ1) is 13.1. The predicted molar refractivity (Wildman–Crippen MR) is 104 cm³/mol. The standard InChI is InChI=1S/C19H15Cl2N3O3/c1-26-16-6-5-12(8-17(16)27-11-13-4-2-3-7-23-13)19(25)24-18-14(20)9-22-10-15(18)21/h2-10H,11H2,1H3,(H,22,24,25). The van der Waals surface area contributed by atoms with Crippen molar-refractivity contribution in [2.75, 3.05) is 12.4 Å². The summed E-state index contributed by atoms with van der Waals surface area (Å²) in [6.45, 7) is 0.240. The van der Waals surface area contributed by atoms with E-state index in [2.05, 4.69) is 15.3 Å². The largest absolute Gasteiger partial charge is 0.493 e. The first-order valence-electron chi connectivity index (χ1n) is 7.89. The van der Waals surface area contributed by atoms with Crippen LogP contribution >= 0.6 is 23.2 Å². The fourth-order valence-electron chi connectivity index (χ4n) is 2.28. The highest BCUT2D eigenvalue weighted by molar-refractivity contribution is 6.39. The van der Waals surface area contributed by atoms with Gasteiger partial charge < -0.3 is 14.8 Å². The number of hydrogen-bond donors (Lipinski definition) is 1. The van der Waals surface area contributed by atoms with Gasteiger partial charge in [0.05, 0.1) is 28.5 Å². The molecule has 2 aromatic heterocycles. The van der Waals surface area contributed by atoms with Crippen LogP contribution in [0.5, 0.6) is 11.5 Å². The van der Waals surface area contributed by atoms with Crippen molar-refractivity contribution < 1.29 is 14.3 Å². The summed E-state index contributed by atoms with van der Waals surface area (Å²) in [5.41, 5.74) is 1.41. The van der Waals surface area contributed by atoms with E-state index >= 15 is 0 Å². The molecule has 0 saturated carbocycles. The number of carbonyl (C=O) groups is 1. The number of amides is 1. The summed E-state index contributed by atoms with van der Waals surface area (Å²) in [5, 5.41) is 3.17. The number of halogens is 2. The molecule has 1 aromatic carbocycles. The molecule has 138 valence electrons. The zero-order valence-electron chi connectivity index (χ0n) is 14.3. The maximum atomic E-state index is 12.6. The van der Waals surface area contributed by atoms with Crippen LogP contribution in [0.25, 0.3) is 0 Å². The van der Waals surface area contributed by atoms with Crippen molar-refractivity contribution >= 4 is 34.8 Å². The first-order valence-corrected chi connectivity index (χ1v) is 8.65. The molecule has 0 spiro atoms. The topological polar surface area (TPSA) is 73.3 Å². The molecule has 3 aromatic rings. The molecule has 8 heteroatoms. The van der Waals surface area contributed by atoms with Crippen LogP contribution in [-0.4, -0.2) is 23.0 Å². The van der Waals surface area contributed by atoms with E-state index in [1.807, 2.05) is 18.2 Å². The number of pyridine rings is 2. The molecule has 0 bridgehead atoms. The lowest BCUT2D eigenvalue weighted by molar-refractivity contribution is 0.102. The number of rotatable bonds is 6. The summed E-state index contributed by atoms with van der Waals surface area (Å²) in [6.07, 6.45) is 4.49. The monoisotopic (exact) mass is 403 g/mol. The fraction of sp³-hybridized carbons (Fsp3) is 0.105. The van der Waals surface area contributed by atoms with Crippen molar-refractivity contribution in [3.8, 4) is 11.5 Å². The van der Waals surface area contributed by atoms with E-state index in [0.717, 1.165) is 5.69 Å². The normalized spacial score (nSPS) is 10.3. The van der Waals surface area contributed by atoms with Gasteiger partial charge in [-0.3, -0.25) is 14.8 Å². The van der Waals surface area contributed by atoms with Crippen LogP contribution in [0.15, 0.2) is 55.0 Å². The van der Waals surface area contributed by atoms with Crippen LogP contribution in [0.3, 0.4) is 0 Å². The number of hydrogen-bond acceptors (Lipinski definition) is 5. The van der Waals surface area contributed by atoms with E-state index < -0.39 is 5.91 Å². The van der Waals surface area contributed by atoms with Gasteiger partial charge in [0.2, 0.25) is 0 Å². The Morgan fingerprint density at radius 3 is 2.56 bits per heavy atom. The number of methoxy groups -OCH3 is 1. The highest BCUT2D eigenvalue weighted by Crippen LogP contribution is 2.31. The molecule has 3 rings (SSSR count). The van der Waals surface area contributed by atoms with Gasteiger partial charge in [0.15, 0.2) is 11.5 Å². The zero-order valence-corrected chi connectivity index (χ0v) is 15.8. The van der Waals surface area contributed by atoms with Crippen LogP contribution < -0.4 is 14.8 Å². The molecular formula is C19H15Cl2N3O3. The van der Waals surface area contributed by atoms with Crippen molar-refractivity contribution in [2.45, 2.75) is 6.61 Å². The average Bonchev–Trinajstić information content (AvgIpc) is 2.69. The molecule has 2 heterocycles. The number of anilines is 1. The van der Waals surface area contributed by atoms with Gasteiger partial charge in [0, 0.05) is 24.2 Å². The number of carbonyl (C=O) groups excluding carboxylic acids is 1. The molecule has 0 aliphatic carbocycles. The van der Waals surface area contributed by atoms with Crippen molar-refractivity contribution in [1.29, 1.82) is 0 Å². The molecule has 0 unspecified atom stereocenters. The third-order valence-corrected chi connectivity index (χ3v) is 4.19. The van der Waals surface area contributed by atoms with Gasteiger partial charge in [-0.15, -0.1) is 0 Å².